The second-order valence-electron chi connectivity index (χ2n) is 19.5. The normalized spacial score (nSPS) is 23.0. The number of benzene rings is 3. The molecule has 0 aromatic heterocycles. The maximum atomic E-state index is 14.3. The quantitative estimate of drug-likeness (QED) is 0.0464. The molecule has 0 spiro atoms. The largest absolute Gasteiger partial charge is 0.459 e. The molecule has 2 aliphatic carbocycles. The van der Waals surface area contributed by atoms with Crippen molar-refractivity contribution in [3.63, 3.8) is 0 Å². The number of fused-ring (bicyclic) bond motifs is 3. The summed E-state index contributed by atoms with van der Waals surface area (Å²) in [4.78, 5) is 22.2. The van der Waals surface area contributed by atoms with Crippen molar-refractivity contribution >= 4 is 22.6 Å². The van der Waals surface area contributed by atoms with Gasteiger partial charge in [0.2, 0.25) is 5.79 Å². The van der Waals surface area contributed by atoms with Gasteiger partial charge in [0, 0.05) is 38.2 Å². The molecule has 3 aromatic carbocycles. The predicted octanol–water partition coefficient (Wildman–Crippen LogP) is 13.1. The molecule has 6 unspecified atom stereocenters. The van der Waals surface area contributed by atoms with Crippen molar-refractivity contribution in [2.75, 3.05) is 33.5 Å². The van der Waals surface area contributed by atoms with E-state index in [1.165, 1.54) is 44.9 Å². The summed E-state index contributed by atoms with van der Waals surface area (Å²) in [6.45, 7) is 13.0. The predicted molar refractivity (Wildman–Crippen MR) is 261 cm³/mol. The molecule has 0 saturated heterocycles. The number of aliphatic hydroxyl groups is 2. The van der Waals surface area contributed by atoms with Gasteiger partial charge in [-0.1, -0.05) is 125 Å². The van der Waals surface area contributed by atoms with Crippen LogP contribution in [0.1, 0.15) is 148 Å². The molecule has 0 radical (unpaired) electrons. The van der Waals surface area contributed by atoms with E-state index in [9.17, 15) is 15.0 Å². The Balaban J connectivity index is 1.39. The fourth-order valence-corrected chi connectivity index (χ4v) is 10.3. The minimum atomic E-state index is -1.35. The number of amides is 1. The lowest BCUT2D eigenvalue weighted by Gasteiger charge is -2.59. The van der Waals surface area contributed by atoms with E-state index in [4.69, 9.17) is 28.9 Å². The topological polar surface area (TPSA) is 119 Å². The average molecular weight is 895 g/mol. The van der Waals surface area contributed by atoms with Crippen LogP contribution in [0.4, 0.5) is 4.79 Å². The lowest BCUT2D eigenvalue weighted by molar-refractivity contribution is -0.253. The fourth-order valence-electron chi connectivity index (χ4n) is 10.3. The van der Waals surface area contributed by atoms with Gasteiger partial charge in [0.25, 0.3) is 0 Å². The number of rotatable bonds is 26. The summed E-state index contributed by atoms with van der Waals surface area (Å²) in [5, 5.41) is 27.1. The summed E-state index contributed by atoms with van der Waals surface area (Å²) in [6, 6.07) is 19.8. The summed E-state index contributed by atoms with van der Waals surface area (Å²) in [5.41, 5.74) is 2.18. The molecular formula is C55H78N2O8. The molecule has 65 heavy (non-hydrogen) atoms. The van der Waals surface area contributed by atoms with Gasteiger partial charge in [-0.25, -0.2) is 4.79 Å². The highest BCUT2D eigenvalue weighted by Gasteiger charge is 2.65. The van der Waals surface area contributed by atoms with Gasteiger partial charge in [0.1, 0.15) is 28.9 Å². The number of nitrogens with zero attached hydrogens (tertiary/aromatic N) is 2. The molecule has 6 atom stereocenters. The first-order valence-electron chi connectivity index (χ1n) is 24.9. The number of carbonyl (C=O) groups is 1. The van der Waals surface area contributed by atoms with E-state index in [0.717, 1.165) is 78.3 Å². The lowest BCUT2D eigenvalue weighted by Crippen LogP contribution is -2.69. The van der Waals surface area contributed by atoms with Crippen LogP contribution in [0.15, 0.2) is 90.1 Å². The number of carbonyl (C=O) groups excluding carboxylic acids is 1. The van der Waals surface area contributed by atoms with Crippen LogP contribution in [-0.4, -0.2) is 77.8 Å². The van der Waals surface area contributed by atoms with E-state index in [-0.39, 0.29) is 37.6 Å². The maximum Gasteiger partial charge on any atom is 0.409 e. The second kappa shape index (κ2) is 24.4. The Morgan fingerprint density at radius 1 is 0.862 bits per heavy atom. The summed E-state index contributed by atoms with van der Waals surface area (Å²) < 4.78 is 27.1. The van der Waals surface area contributed by atoms with Gasteiger partial charge in [0.05, 0.1) is 24.8 Å². The van der Waals surface area contributed by atoms with E-state index in [1.807, 2.05) is 51.1 Å². The highest BCUT2D eigenvalue weighted by Crippen LogP contribution is 2.62. The van der Waals surface area contributed by atoms with Gasteiger partial charge in [-0.3, -0.25) is 0 Å². The number of unbranched alkanes of at least 4 members (excludes halogenated alkanes) is 11. The Kier molecular flexibility index (Phi) is 18.8. The third-order valence-corrected chi connectivity index (χ3v) is 13.5. The zero-order valence-electron chi connectivity index (χ0n) is 40.1. The van der Waals surface area contributed by atoms with Gasteiger partial charge in [-0.05, 0) is 111 Å². The highest BCUT2D eigenvalue weighted by molar-refractivity contribution is 6.03. The number of ether oxygens (including phenoxy) is 4. The molecule has 356 valence electrons. The Morgan fingerprint density at radius 2 is 1.52 bits per heavy atom. The summed E-state index contributed by atoms with van der Waals surface area (Å²) >= 11 is 0. The molecule has 1 heterocycles. The van der Waals surface area contributed by atoms with E-state index in [1.54, 1.807) is 18.0 Å². The van der Waals surface area contributed by atoms with Crippen LogP contribution in [-0.2, 0) is 14.3 Å². The molecule has 3 aromatic rings. The molecule has 1 fully saturated rings. The standard InChI is InChI=1S/C55H78N2O8/c1-7-9-10-11-12-13-14-15-16-23-35-61-53(60)57(6)50-39-48(56-65-54(3,4)5)46-37-42(26-19-21-32-58)45(27-20-22-33-59)51-47-38-44(63-43-29-28-40-24-17-18-25-41(40)36-43)30-31-49(47)64-55(50,52(46)51)62-34-8-2/h8,17-18,24-25,28-31,36-38,42,45,50-52,58-59H,2,7,9-16,19-23,26-27,32-35,39H2,1,3-6H3. The van der Waals surface area contributed by atoms with Crippen LogP contribution in [0.25, 0.3) is 10.8 Å². The number of likely N-dealkylation sites (N-methyl/N-ethyl adjacent to an activating group) is 1. The molecule has 1 aliphatic heterocycles. The molecule has 3 aliphatic rings. The van der Waals surface area contributed by atoms with Crippen molar-refractivity contribution < 1.29 is 38.8 Å². The molecule has 0 bridgehead atoms. The van der Waals surface area contributed by atoms with Crippen molar-refractivity contribution in [3.05, 3.63) is 90.5 Å². The summed E-state index contributed by atoms with van der Waals surface area (Å²) in [7, 11) is 1.79. The van der Waals surface area contributed by atoms with Crippen molar-refractivity contribution in [1.82, 2.24) is 4.90 Å². The summed E-state index contributed by atoms with van der Waals surface area (Å²) in [6.07, 6.45) is 20.7. The van der Waals surface area contributed by atoms with E-state index in [0.29, 0.717) is 37.4 Å². The van der Waals surface area contributed by atoms with Gasteiger partial charge in [-0.15, -0.1) is 6.58 Å². The molecule has 1 saturated carbocycles. The van der Waals surface area contributed by atoms with Gasteiger partial charge >= 0.3 is 6.09 Å². The minimum absolute atomic E-state index is 0.0939. The number of aliphatic hydroxyl groups excluding tert-OH is 2. The van der Waals surface area contributed by atoms with Crippen LogP contribution < -0.4 is 9.47 Å². The first-order valence-corrected chi connectivity index (χ1v) is 24.9. The van der Waals surface area contributed by atoms with Gasteiger partial charge < -0.3 is 38.9 Å². The summed E-state index contributed by atoms with van der Waals surface area (Å²) in [5.74, 6) is 0.370. The first kappa shape index (κ1) is 50.0. The van der Waals surface area contributed by atoms with Crippen molar-refractivity contribution in [1.29, 1.82) is 0 Å². The zero-order valence-corrected chi connectivity index (χ0v) is 40.1. The fraction of sp³-hybridized carbons (Fsp3) is 0.600. The number of oxime groups is 1. The average Bonchev–Trinajstić information content (AvgIpc) is 3.30. The van der Waals surface area contributed by atoms with Gasteiger partial charge in [0.15, 0.2) is 0 Å². The Hall–Kier alpha value is -4.38. The van der Waals surface area contributed by atoms with E-state index >= 15 is 0 Å². The molecule has 6 rings (SSSR count). The SMILES string of the molecule is C=CCOC12Oc3ccc(Oc4ccc5ccccc5c4)cc3C3C(CCCCO)C(CCCCO)C=C(C(=NOC(C)(C)C)CC1N(C)C(=O)OCCCCCCCCCCCC)C32. The zero-order chi connectivity index (χ0) is 46.2. The third kappa shape index (κ3) is 13.0. The van der Waals surface area contributed by atoms with Crippen molar-refractivity contribution in [2.24, 2.45) is 22.9 Å². The lowest BCUT2D eigenvalue weighted by atomic mass is 9.55. The van der Waals surface area contributed by atoms with Crippen molar-refractivity contribution in [3.8, 4) is 17.2 Å². The molecule has 2 N–H and O–H groups in total. The Labute approximate surface area is 389 Å². The van der Waals surface area contributed by atoms with E-state index in [2.05, 4.69) is 49.9 Å². The first-order chi connectivity index (χ1) is 31.5. The van der Waals surface area contributed by atoms with Crippen LogP contribution >= 0.6 is 0 Å². The number of allylic oxidation sites excluding steroid dienone is 1. The maximum absolute atomic E-state index is 14.3. The second-order valence-corrected chi connectivity index (χ2v) is 19.5. The third-order valence-electron chi connectivity index (χ3n) is 13.5. The highest BCUT2D eigenvalue weighted by atomic mass is 16.7. The Bertz CT molecular complexity index is 2040. The number of hydrogen-bond donors (Lipinski definition) is 2. The van der Waals surface area contributed by atoms with Crippen LogP contribution in [0, 0.1) is 17.8 Å². The van der Waals surface area contributed by atoms with Crippen LogP contribution in [0.3, 0.4) is 0 Å². The van der Waals surface area contributed by atoms with Crippen LogP contribution in [0.2, 0.25) is 0 Å². The monoisotopic (exact) mass is 895 g/mol. The van der Waals surface area contributed by atoms with Crippen molar-refractivity contribution in [2.45, 2.75) is 160 Å². The molecular weight excluding hydrogens is 817 g/mol. The number of hydrogen-bond acceptors (Lipinski definition) is 9. The molecule has 10 heteroatoms. The van der Waals surface area contributed by atoms with Gasteiger partial charge in [-0.2, -0.15) is 0 Å². The minimum Gasteiger partial charge on any atom is -0.459 e. The Morgan fingerprint density at radius 3 is 2.22 bits per heavy atom. The van der Waals surface area contributed by atoms with E-state index < -0.39 is 29.4 Å². The smallest absolute Gasteiger partial charge is 0.409 e. The molecule has 1 amide bonds. The van der Waals surface area contributed by atoms with Crippen LogP contribution in [0.5, 0.6) is 17.2 Å². The molecule has 10 nitrogen and oxygen atoms in total.